The molecule has 2 heterocycles. The summed E-state index contributed by atoms with van der Waals surface area (Å²) in [5.74, 6) is 1.34. The van der Waals surface area contributed by atoms with Crippen LogP contribution in [0.2, 0.25) is 5.02 Å². The Balaban J connectivity index is 1.27. The van der Waals surface area contributed by atoms with Gasteiger partial charge in [0.25, 0.3) is 0 Å². The van der Waals surface area contributed by atoms with Crippen molar-refractivity contribution in [2.24, 2.45) is 17.8 Å². The molecule has 2 fully saturated rings. The highest BCUT2D eigenvalue weighted by Crippen LogP contribution is 2.64. The number of rotatable bonds is 6. The first-order valence-corrected chi connectivity index (χ1v) is 14.7. The maximum atomic E-state index is 13.2. The second-order valence-electron chi connectivity index (χ2n) is 9.99. The van der Waals surface area contributed by atoms with Crippen LogP contribution in [0.25, 0.3) is 0 Å². The fourth-order valence-electron chi connectivity index (χ4n) is 6.38. The van der Waals surface area contributed by atoms with Crippen LogP contribution >= 0.6 is 34.7 Å². The molecular weight excluding hydrogens is 528 g/mol. The van der Waals surface area contributed by atoms with Crippen molar-refractivity contribution in [1.82, 2.24) is 4.57 Å². The van der Waals surface area contributed by atoms with Gasteiger partial charge in [-0.3, -0.25) is 14.2 Å². The van der Waals surface area contributed by atoms with Gasteiger partial charge in [0.15, 0.2) is 0 Å². The van der Waals surface area contributed by atoms with E-state index in [1.165, 1.54) is 36.2 Å². The Morgan fingerprint density at radius 3 is 2.54 bits per heavy atom. The largest absolute Gasteiger partial charge is 0.462 e. The van der Waals surface area contributed by atoms with Gasteiger partial charge in [-0.1, -0.05) is 35.1 Å². The maximum Gasteiger partial charge on any atom is 0.338 e. The monoisotopic (exact) mass is 554 g/mol. The van der Waals surface area contributed by atoms with Gasteiger partial charge in [-0.15, -0.1) is 11.8 Å². The molecule has 1 N–H and O–H groups in total. The van der Waals surface area contributed by atoms with Gasteiger partial charge < -0.3 is 10.1 Å². The second kappa shape index (κ2) is 9.97. The number of thioether (sulfide) groups is 1. The molecule has 192 valence electrons. The Kier molecular flexibility index (Phi) is 6.67. The van der Waals surface area contributed by atoms with Gasteiger partial charge in [-0.05, 0) is 85.9 Å². The van der Waals surface area contributed by atoms with Gasteiger partial charge in [0.05, 0.1) is 17.2 Å². The van der Waals surface area contributed by atoms with Gasteiger partial charge >= 0.3 is 10.8 Å². The minimum absolute atomic E-state index is 0.0455. The predicted octanol–water partition coefficient (Wildman–Crippen LogP) is 6.03. The van der Waals surface area contributed by atoms with E-state index in [0.717, 1.165) is 9.90 Å². The quantitative estimate of drug-likeness (QED) is 0.376. The molecule has 0 radical (unpaired) electrons. The first kappa shape index (κ1) is 24.8. The number of aromatic nitrogens is 1. The summed E-state index contributed by atoms with van der Waals surface area (Å²) in [6, 6.07) is 14.6. The number of nitrogens with one attached hydrogen (secondary N) is 1. The summed E-state index contributed by atoms with van der Waals surface area (Å²) in [6.45, 7) is 2.01. The molecule has 5 atom stereocenters. The third-order valence-corrected chi connectivity index (χ3v) is 11.0. The predicted molar refractivity (Wildman–Crippen MR) is 147 cm³/mol. The van der Waals surface area contributed by atoms with E-state index in [0.29, 0.717) is 45.9 Å². The standard InChI is InChI=1S/C28H27ClN2O4S2/c1-2-35-27(33)16-7-11-20(12-8-16)30-21(32)14-31-26-25(37-28(31)34)22(15-5-9-19(29)10-6-15)23-17-3-4-18(13-17)24(23)36-26/h5-12,17-18,22-24H,2-4,13-14H2,1H3,(H,30,32)/t17-,18-,22-,23-,24+/m0/s1. The van der Waals surface area contributed by atoms with E-state index in [4.69, 9.17) is 16.3 Å². The van der Waals surface area contributed by atoms with Crippen LogP contribution in [-0.2, 0) is 16.1 Å². The fraction of sp³-hybridized carbons (Fsp3) is 0.393. The Morgan fingerprint density at radius 1 is 1.08 bits per heavy atom. The summed E-state index contributed by atoms with van der Waals surface area (Å²) in [7, 11) is 0. The highest BCUT2D eigenvalue weighted by atomic mass is 35.5. The van der Waals surface area contributed by atoms with Crippen molar-refractivity contribution in [3.05, 3.63) is 79.2 Å². The first-order valence-electron chi connectivity index (χ1n) is 12.7. The Morgan fingerprint density at radius 2 is 1.81 bits per heavy atom. The molecule has 1 aromatic heterocycles. The van der Waals surface area contributed by atoms with Crippen LogP contribution in [0.5, 0.6) is 0 Å². The summed E-state index contributed by atoms with van der Waals surface area (Å²) in [6.07, 6.45) is 3.77. The topological polar surface area (TPSA) is 77.4 Å². The van der Waals surface area contributed by atoms with E-state index < -0.39 is 5.97 Å². The molecule has 6 nitrogen and oxygen atoms in total. The highest BCUT2D eigenvalue weighted by molar-refractivity contribution is 8.00. The van der Waals surface area contributed by atoms with E-state index in [1.807, 2.05) is 23.9 Å². The summed E-state index contributed by atoms with van der Waals surface area (Å²) >= 11 is 9.29. The van der Waals surface area contributed by atoms with E-state index in [2.05, 4.69) is 17.4 Å². The first-order chi connectivity index (χ1) is 17.9. The lowest BCUT2D eigenvalue weighted by Crippen LogP contribution is -2.34. The minimum atomic E-state index is -0.400. The second-order valence-corrected chi connectivity index (χ2v) is 12.6. The van der Waals surface area contributed by atoms with Crippen LogP contribution < -0.4 is 10.2 Å². The molecule has 2 aliphatic carbocycles. The Labute approximate surface area is 228 Å². The molecule has 0 unspecified atom stereocenters. The van der Waals surface area contributed by atoms with Crippen LogP contribution in [0, 0.1) is 17.8 Å². The Hall–Kier alpha value is -2.55. The number of amides is 1. The third kappa shape index (κ3) is 4.53. The van der Waals surface area contributed by atoms with E-state index in [9.17, 15) is 14.4 Å². The highest BCUT2D eigenvalue weighted by Gasteiger charge is 2.55. The number of hydrogen-bond donors (Lipinski definition) is 1. The van der Waals surface area contributed by atoms with Crippen LogP contribution in [0.1, 0.15) is 52.9 Å². The normalized spacial score (nSPS) is 25.4. The molecule has 1 aliphatic heterocycles. The lowest BCUT2D eigenvalue weighted by Gasteiger charge is -2.40. The smallest absolute Gasteiger partial charge is 0.338 e. The molecule has 37 heavy (non-hydrogen) atoms. The van der Waals surface area contributed by atoms with Crippen molar-refractivity contribution >= 4 is 52.3 Å². The molecule has 2 saturated carbocycles. The number of thiazole rings is 1. The molecular formula is C28H27ClN2O4S2. The number of carbonyl (C=O) groups is 2. The molecule has 1 amide bonds. The SMILES string of the molecule is CCOC(=O)c1ccc(NC(=O)Cn2c3c(sc2=O)[C@@H](c2ccc(Cl)cc2)[C@@H]2[C@H]4CC[C@@H](C4)[C@H]2S3)cc1. The van der Waals surface area contributed by atoms with E-state index in [1.54, 1.807) is 35.8 Å². The number of carbonyl (C=O) groups excluding carboxylic acids is 2. The summed E-state index contributed by atoms with van der Waals surface area (Å²) < 4.78 is 6.66. The van der Waals surface area contributed by atoms with E-state index >= 15 is 0 Å². The summed E-state index contributed by atoms with van der Waals surface area (Å²) in [5, 5.41) is 4.97. The average Bonchev–Trinajstić information content (AvgIpc) is 3.58. The van der Waals surface area contributed by atoms with Crippen LogP contribution in [-0.4, -0.2) is 28.3 Å². The fourth-order valence-corrected chi connectivity index (χ4v) is 9.66. The zero-order chi connectivity index (χ0) is 25.7. The molecule has 0 saturated heterocycles. The molecule has 2 bridgehead atoms. The van der Waals surface area contributed by atoms with Gasteiger partial charge in [-0.2, -0.15) is 0 Å². The van der Waals surface area contributed by atoms with Crippen LogP contribution in [0.3, 0.4) is 0 Å². The summed E-state index contributed by atoms with van der Waals surface area (Å²) in [5.41, 5.74) is 2.19. The maximum absolute atomic E-state index is 13.2. The molecule has 2 aromatic carbocycles. The van der Waals surface area contributed by atoms with Gasteiger partial charge in [0.2, 0.25) is 5.91 Å². The van der Waals surface area contributed by atoms with Crippen LogP contribution in [0.4, 0.5) is 5.69 Å². The third-order valence-electron chi connectivity index (χ3n) is 7.90. The number of nitrogens with zero attached hydrogens (tertiary/aromatic N) is 1. The zero-order valence-electron chi connectivity index (χ0n) is 20.3. The van der Waals surface area contributed by atoms with Gasteiger partial charge in [-0.25, -0.2) is 4.79 Å². The van der Waals surface area contributed by atoms with Crippen molar-refractivity contribution in [1.29, 1.82) is 0 Å². The van der Waals surface area contributed by atoms with Crippen molar-refractivity contribution in [3.63, 3.8) is 0 Å². The van der Waals surface area contributed by atoms with Crippen molar-refractivity contribution in [2.75, 3.05) is 11.9 Å². The number of esters is 1. The summed E-state index contributed by atoms with van der Waals surface area (Å²) in [4.78, 5) is 39.1. The van der Waals surface area contributed by atoms with Gasteiger partial charge in [0.1, 0.15) is 6.54 Å². The average molecular weight is 555 g/mol. The number of ether oxygens (including phenoxy) is 1. The van der Waals surface area contributed by atoms with Crippen molar-refractivity contribution < 1.29 is 14.3 Å². The Bertz CT molecular complexity index is 1400. The molecule has 6 rings (SSSR count). The zero-order valence-corrected chi connectivity index (χ0v) is 22.7. The molecule has 0 spiro atoms. The van der Waals surface area contributed by atoms with E-state index in [-0.39, 0.29) is 23.2 Å². The molecule has 3 aromatic rings. The number of fused-ring (bicyclic) bond motifs is 6. The number of hydrogen-bond acceptors (Lipinski definition) is 6. The lowest BCUT2D eigenvalue weighted by atomic mass is 9.75. The van der Waals surface area contributed by atoms with Crippen molar-refractivity contribution in [2.45, 2.75) is 48.9 Å². The minimum Gasteiger partial charge on any atom is -0.462 e. The molecule has 9 heteroatoms. The number of anilines is 1. The van der Waals surface area contributed by atoms with Crippen molar-refractivity contribution in [3.8, 4) is 0 Å². The van der Waals surface area contributed by atoms with Gasteiger partial charge in [0, 0.05) is 26.8 Å². The number of benzene rings is 2. The number of halogens is 1. The lowest BCUT2D eigenvalue weighted by molar-refractivity contribution is -0.116. The molecule has 3 aliphatic rings. The van der Waals surface area contributed by atoms with Crippen LogP contribution in [0.15, 0.2) is 58.4 Å².